The van der Waals surface area contributed by atoms with E-state index in [2.05, 4.69) is 6.58 Å². The second-order valence-electron chi connectivity index (χ2n) is 5.56. The summed E-state index contributed by atoms with van der Waals surface area (Å²) in [4.78, 5) is 12.6. The normalized spacial score (nSPS) is 10.6. The Morgan fingerprint density at radius 3 is 2.75 bits per heavy atom. The quantitative estimate of drug-likeness (QED) is 0.635. The lowest BCUT2D eigenvalue weighted by Crippen LogP contribution is -2.05. The largest absolute Gasteiger partial charge is 0.489 e. The zero-order valence-corrected chi connectivity index (χ0v) is 13.7. The number of benzene rings is 2. The van der Waals surface area contributed by atoms with Gasteiger partial charge in [-0.05, 0) is 43.2 Å². The molecule has 0 aliphatic carbocycles. The molecule has 0 aliphatic heterocycles. The van der Waals surface area contributed by atoms with E-state index in [0.29, 0.717) is 29.1 Å². The van der Waals surface area contributed by atoms with E-state index in [9.17, 15) is 4.79 Å². The van der Waals surface area contributed by atoms with Gasteiger partial charge in [0, 0.05) is 6.07 Å². The lowest BCUT2D eigenvalue weighted by atomic mass is 10.1. The van der Waals surface area contributed by atoms with Crippen LogP contribution in [0, 0.1) is 13.8 Å². The minimum atomic E-state index is -0.215. The highest BCUT2D eigenvalue weighted by Crippen LogP contribution is 2.26. The monoisotopic (exact) mass is 322 g/mol. The Morgan fingerprint density at radius 2 is 1.96 bits per heavy atom. The first-order chi connectivity index (χ1) is 11.6. The maximum Gasteiger partial charge on any atom is 0.235 e. The van der Waals surface area contributed by atoms with Gasteiger partial charge in [0.05, 0.1) is 5.39 Å². The van der Waals surface area contributed by atoms with Crippen LogP contribution in [0.4, 0.5) is 0 Å². The van der Waals surface area contributed by atoms with Crippen molar-refractivity contribution in [1.29, 1.82) is 0 Å². The van der Waals surface area contributed by atoms with Crippen molar-refractivity contribution < 1.29 is 13.9 Å². The number of rotatable bonds is 5. The highest BCUT2D eigenvalue weighted by Gasteiger charge is 2.11. The zero-order chi connectivity index (χ0) is 17.1. The van der Waals surface area contributed by atoms with Gasteiger partial charge in [-0.2, -0.15) is 0 Å². The van der Waals surface area contributed by atoms with Crippen LogP contribution in [0.15, 0.2) is 64.5 Å². The van der Waals surface area contributed by atoms with E-state index in [-0.39, 0.29) is 11.2 Å². The Hall–Kier alpha value is -3.01. The lowest BCUT2D eigenvalue weighted by Gasteiger charge is -2.09. The average Bonchev–Trinajstić information content (AvgIpc) is 2.58. The smallest absolute Gasteiger partial charge is 0.235 e. The van der Waals surface area contributed by atoms with Crippen LogP contribution in [-0.4, -0.2) is 6.61 Å². The molecule has 0 aliphatic rings. The first-order valence-corrected chi connectivity index (χ1v) is 7.63. The number of aryl methyl sites for hydroxylation is 2. The van der Waals surface area contributed by atoms with Gasteiger partial charge in [0.1, 0.15) is 30.0 Å². The molecule has 4 nitrogen and oxygen atoms in total. The Balaban J connectivity index is 1.98. The fourth-order valence-electron chi connectivity index (χ4n) is 2.34. The Labute approximate surface area is 139 Å². The second kappa shape index (κ2) is 6.62. The minimum Gasteiger partial charge on any atom is -0.489 e. The molecule has 0 saturated carbocycles. The van der Waals surface area contributed by atoms with E-state index in [1.807, 2.05) is 32.0 Å². The predicted octanol–water partition coefficient (Wildman–Crippen LogP) is 4.77. The highest BCUT2D eigenvalue weighted by molar-refractivity contribution is 5.79. The maximum atomic E-state index is 12.6. The third-order valence-electron chi connectivity index (χ3n) is 3.65. The molecule has 1 heterocycles. The lowest BCUT2D eigenvalue weighted by molar-refractivity contribution is 0.363. The molecule has 3 aromatic rings. The number of hydrogen-bond donors (Lipinski definition) is 0. The molecule has 0 bridgehead atoms. The van der Waals surface area contributed by atoms with E-state index in [1.165, 1.54) is 6.26 Å². The maximum absolute atomic E-state index is 12.6. The van der Waals surface area contributed by atoms with Crippen molar-refractivity contribution in [3.05, 3.63) is 76.7 Å². The summed E-state index contributed by atoms with van der Waals surface area (Å²) >= 11 is 0. The van der Waals surface area contributed by atoms with Gasteiger partial charge >= 0.3 is 0 Å². The van der Waals surface area contributed by atoms with Crippen molar-refractivity contribution in [3.63, 3.8) is 0 Å². The molecule has 0 unspecified atom stereocenters. The molecule has 0 atom stereocenters. The number of fused-ring (bicyclic) bond motifs is 1. The van der Waals surface area contributed by atoms with E-state index in [1.54, 1.807) is 24.3 Å². The molecular formula is C20H18O4. The SMILES string of the molecule is C=CCOc1ccc2c(=O)c(Oc3cc(C)ccc3C)coc2c1. The highest BCUT2D eigenvalue weighted by atomic mass is 16.5. The van der Waals surface area contributed by atoms with Crippen LogP contribution in [0.1, 0.15) is 11.1 Å². The van der Waals surface area contributed by atoms with E-state index >= 15 is 0 Å². The van der Waals surface area contributed by atoms with Gasteiger partial charge in [-0.15, -0.1) is 0 Å². The number of hydrogen-bond acceptors (Lipinski definition) is 4. The van der Waals surface area contributed by atoms with Crippen LogP contribution < -0.4 is 14.9 Å². The second-order valence-corrected chi connectivity index (χ2v) is 5.56. The number of ether oxygens (including phenoxy) is 2. The van der Waals surface area contributed by atoms with Crippen molar-refractivity contribution >= 4 is 11.0 Å². The van der Waals surface area contributed by atoms with Gasteiger partial charge in [0.25, 0.3) is 0 Å². The fourth-order valence-corrected chi connectivity index (χ4v) is 2.34. The zero-order valence-electron chi connectivity index (χ0n) is 13.7. The van der Waals surface area contributed by atoms with Crippen LogP contribution in [0.25, 0.3) is 11.0 Å². The van der Waals surface area contributed by atoms with Crippen molar-refractivity contribution in [3.8, 4) is 17.2 Å². The summed E-state index contributed by atoms with van der Waals surface area (Å²) in [5.41, 5.74) is 2.25. The molecule has 0 saturated heterocycles. The van der Waals surface area contributed by atoms with Crippen LogP contribution in [0.3, 0.4) is 0 Å². The van der Waals surface area contributed by atoms with Crippen molar-refractivity contribution in [1.82, 2.24) is 0 Å². The van der Waals surface area contributed by atoms with Gasteiger partial charge < -0.3 is 13.9 Å². The van der Waals surface area contributed by atoms with E-state index in [4.69, 9.17) is 13.9 Å². The molecule has 0 amide bonds. The Kier molecular flexibility index (Phi) is 4.38. The standard InChI is InChI=1S/C20H18O4/c1-4-9-22-15-7-8-16-18(11-15)23-12-19(20(16)21)24-17-10-13(2)5-6-14(17)3/h4-8,10-12H,1,9H2,2-3H3. The molecule has 122 valence electrons. The van der Waals surface area contributed by atoms with Crippen LogP contribution >= 0.6 is 0 Å². The summed E-state index contributed by atoms with van der Waals surface area (Å²) in [6, 6.07) is 10.9. The minimum absolute atomic E-state index is 0.163. The van der Waals surface area contributed by atoms with Crippen LogP contribution in [0.5, 0.6) is 17.2 Å². The topological polar surface area (TPSA) is 48.7 Å². The van der Waals surface area contributed by atoms with Crippen LogP contribution in [-0.2, 0) is 0 Å². The summed E-state index contributed by atoms with van der Waals surface area (Å²) in [5.74, 6) is 1.43. The molecule has 0 radical (unpaired) electrons. The Morgan fingerprint density at radius 1 is 1.12 bits per heavy atom. The first-order valence-electron chi connectivity index (χ1n) is 7.63. The average molecular weight is 322 g/mol. The molecule has 24 heavy (non-hydrogen) atoms. The van der Waals surface area contributed by atoms with E-state index < -0.39 is 0 Å². The summed E-state index contributed by atoms with van der Waals surface area (Å²) in [5, 5.41) is 0.448. The summed E-state index contributed by atoms with van der Waals surface area (Å²) < 4.78 is 16.8. The van der Waals surface area contributed by atoms with Gasteiger partial charge in [-0.25, -0.2) is 0 Å². The third kappa shape index (κ3) is 3.18. The predicted molar refractivity (Wildman–Crippen MR) is 94.2 cm³/mol. The van der Waals surface area contributed by atoms with Crippen LogP contribution in [0.2, 0.25) is 0 Å². The molecule has 2 aromatic carbocycles. The molecule has 0 fully saturated rings. The summed E-state index contributed by atoms with van der Waals surface area (Å²) in [6.45, 7) is 7.90. The van der Waals surface area contributed by atoms with Gasteiger partial charge in [0.15, 0.2) is 0 Å². The molecule has 0 N–H and O–H groups in total. The summed E-state index contributed by atoms with van der Waals surface area (Å²) in [6.07, 6.45) is 2.99. The van der Waals surface area contributed by atoms with Crippen molar-refractivity contribution in [2.75, 3.05) is 6.61 Å². The Bertz CT molecular complexity index is 954. The molecular weight excluding hydrogens is 304 g/mol. The molecule has 4 heteroatoms. The van der Waals surface area contributed by atoms with Crippen molar-refractivity contribution in [2.45, 2.75) is 13.8 Å². The summed E-state index contributed by atoms with van der Waals surface area (Å²) in [7, 11) is 0. The molecule has 3 rings (SSSR count). The van der Waals surface area contributed by atoms with Gasteiger partial charge in [-0.1, -0.05) is 24.8 Å². The van der Waals surface area contributed by atoms with Gasteiger partial charge in [-0.3, -0.25) is 4.79 Å². The fraction of sp³-hybridized carbons (Fsp3) is 0.150. The first kappa shape index (κ1) is 15.9. The van der Waals surface area contributed by atoms with E-state index in [0.717, 1.165) is 11.1 Å². The third-order valence-corrected chi connectivity index (χ3v) is 3.65. The molecule has 0 spiro atoms. The van der Waals surface area contributed by atoms with Gasteiger partial charge in [0.2, 0.25) is 11.2 Å². The van der Waals surface area contributed by atoms with Crippen molar-refractivity contribution in [2.24, 2.45) is 0 Å². The molecule has 1 aromatic heterocycles.